The van der Waals surface area contributed by atoms with Gasteiger partial charge in [0, 0.05) is 25.9 Å². The SMILES string of the molecule is CC.CCOC(=O)c1cnc(-c2ccccc2)nc1N(C)C. The highest BCUT2D eigenvalue weighted by Gasteiger charge is 2.17. The number of nitrogens with zero attached hydrogens (tertiary/aromatic N) is 3. The summed E-state index contributed by atoms with van der Waals surface area (Å²) in [5.74, 6) is 0.732. The number of hydrogen-bond donors (Lipinski definition) is 0. The Balaban J connectivity index is 0.00000116. The minimum atomic E-state index is -0.407. The fourth-order valence-electron chi connectivity index (χ4n) is 1.79. The summed E-state index contributed by atoms with van der Waals surface area (Å²) < 4.78 is 5.02. The Bertz CT molecular complexity index is 598. The van der Waals surface area contributed by atoms with Gasteiger partial charge in [-0.3, -0.25) is 0 Å². The quantitative estimate of drug-likeness (QED) is 0.810. The Labute approximate surface area is 132 Å². The van der Waals surface area contributed by atoms with Crippen LogP contribution in [0.5, 0.6) is 0 Å². The first-order valence-corrected chi connectivity index (χ1v) is 7.40. The van der Waals surface area contributed by atoms with Gasteiger partial charge < -0.3 is 9.64 Å². The molecule has 0 amide bonds. The van der Waals surface area contributed by atoms with E-state index < -0.39 is 5.97 Å². The summed E-state index contributed by atoms with van der Waals surface area (Å²) in [7, 11) is 3.67. The maximum absolute atomic E-state index is 11.9. The summed E-state index contributed by atoms with van der Waals surface area (Å²) in [6.45, 7) is 6.10. The summed E-state index contributed by atoms with van der Waals surface area (Å²) in [6, 6.07) is 9.64. The average molecular weight is 301 g/mol. The highest BCUT2D eigenvalue weighted by atomic mass is 16.5. The summed E-state index contributed by atoms with van der Waals surface area (Å²) in [5.41, 5.74) is 1.28. The molecule has 0 spiro atoms. The zero-order valence-corrected chi connectivity index (χ0v) is 13.8. The zero-order valence-electron chi connectivity index (χ0n) is 13.8. The van der Waals surface area contributed by atoms with Crippen molar-refractivity contribution < 1.29 is 9.53 Å². The summed E-state index contributed by atoms with van der Waals surface area (Å²) in [5, 5.41) is 0. The number of ether oxygens (including phenoxy) is 1. The number of rotatable bonds is 4. The Hall–Kier alpha value is -2.43. The fourth-order valence-corrected chi connectivity index (χ4v) is 1.79. The van der Waals surface area contributed by atoms with Gasteiger partial charge in [-0.25, -0.2) is 14.8 Å². The van der Waals surface area contributed by atoms with Crippen molar-refractivity contribution in [3.63, 3.8) is 0 Å². The number of anilines is 1. The topological polar surface area (TPSA) is 55.3 Å². The lowest BCUT2D eigenvalue weighted by atomic mass is 10.2. The molecule has 5 heteroatoms. The molecule has 2 aromatic rings. The van der Waals surface area contributed by atoms with E-state index in [1.807, 2.05) is 58.3 Å². The predicted octanol–water partition coefficient (Wildman–Crippen LogP) is 3.41. The van der Waals surface area contributed by atoms with E-state index in [9.17, 15) is 4.79 Å². The molecule has 1 aromatic carbocycles. The van der Waals surface area contributed by atoms with Crippen LogP contribution >= 0.6 is 0 Å². The highest BCUT2D eigenvalue weighted by molar-refractivity contribution is 5.94. The molecule has 0 unspecified atom stereocenters. The molecule has 0 fully saturated rings. The molecule has 1 heterocycles. The molecule has 5 nitrogen and oxygen atoms in total. The van der Waals surface area contributed by atoms with Gasteiger partial charge in [0.2, 0.25) is 0 Å². The van der Waals surface area contributed by atoms with Gasteiger partial charge in [-0.15, -0.1) is 0 Å². The zero-order chi connectivity index (χ0) is 16.5. The number of carbonyl (C=O) groups excluding carboxylic acids is 1. The molecule has 0 N–H and O–H groups in total. The van der Waals surface area contributed by atoms with E-state index in [1.165, 1.54) is 6.20 Å². The van der Waals surface area contributed by atoms with Crippen molar-refractivity contribution in [3.05, 3.63) is 42.1 Å². The molecule has 0 radical (unpaired) electrons. The molecule has 118 valence electrons. The smallest absolute Gasteiger partial charge is 0.343 e. The predicted molar refractivity (Wildman–Crippen MR) is 89.1 cm³/mol. The summed E-state index contributed by atoms with van der Waals surface area (Å²) >= 11 is 0. The van der Waals surface area contributed by atoms with E-state index >= 15 is 0 Å². The third-order valence-electron chi connectivity index (χ3n) is 2.72. The molecule has 0 saturated heterocycles. The number of carbonyl (C=O) groups is 1. The largest absolute Gasteiger partial charge is 0.462 e. The third kappa shape index (κ3) is 4.28. The molecule has 0 atom stereocenters. The maximum atomic E-state index is 11.9. The van der Waals surface area contributed by atoms with Crippen LogP contribution in [0.2, 0.25) is 0 Å². The van der Waals surface area contributed by atoms with E-state index in [2.05, 4.69) is 9.97 Å². The minimum Gasteiger partial charge on any atom is -0.462 e. The molecule has 2 rings (SSSR count). The molecule has 1 aromatic heterocycles. The van der Waals surface area contributed by atoms with Crippen LogP contribution in [0, 0.1) is 0 Å². The summed E-state index contributed by atoms with van der Waals surface area (Å²) in [6.07, 6.45) is 1.52. The van der Waals surface area contributed by atoms with Gasteiger partial charge in [0.25, 0.3) is 0 Å². The normalized spacial score (nSPS) is 9.50. The van der Waals surface area contributed by atoms with Gasteiger partial charge in [0.05, 0.1) is 6.61 Å². The van der Waals surface area contributed by atoms with E-state index in [0.717, 1.165) is 5.56 Å². The molecule has 22 heavy (non-hydrogen) atoms. The lowest BCUT2D eigenvalue weighted by Gasteiger charge is -2.16. The van der Waals surface area contributed by atoms with Gasteiger partial charge in [-0.1, -0.05) is 44.2 Å². The monoisotopic (exact) mass is 301 g/mol. The molecule has 0 aliphatic rings. The van der Waals surface area contributed by atoms with Gasteiger partial charge in [0.15, 0.2) is 5.82 Å². The van der Waals surface area contributed by atoms with Gasteiger partial charge in [-0.05, 0) is 6.92 Å². The molecular formula is C17H23N3O2. The van der Waals surface area contributed by atoms with Gasteiger partial charge in [-0.2, -0.15) is 0 Å². The van der Waals surface area contributed by atoms with Gasteiger partial charge >= 0.3 is 5.97 Å². The number of benzene rings is 1. The highest BCUT2D eigenvalue weighted by Crippen LogP contribution is 2.21. The molecule has 0 aliphatic heterocycles. The van der Waals surface area contributed by atoms with E-state index in [4.69, 9.17) is 4.74 Å². The Morgan fingerprint density at radius 2 is 1.82 bits per heavy atom. The van der Waals surface area contributed by atoms with E-state index in [-0.39, 0.29) is 0 Å². The number of esters is 1. The van der Waals surface area contributed by atoms with Gasteiger partial charge in [0.1, 0.15) is 11.4 Å². The van der Waals surface area contributed by atoms with E-state index in [0.29, 0.717) is 23.8 Å². The average Bonchev–Trinajstić information content (AvgIpc) is 2.57. The minimum absolute atomic E-state index is 0.326. The van der Waals surface area contributed by atoms with Crippen LogP contribution in [0.15, 0.2) is 36.5 Å². The van der Waals surface area contributed by atoms with Crippen LogP contribution in [0.25, 0.3) is 11.4 Å². The van der Waals surface area contributed by atoms with Crippen LogP contribution in [-0.4, -0.2) is 36.6 Å². The number of hydrogen-bond acceptors (Lipinski definition) is 5. The second kappa shape index (κ2) is 8.77. The first-order chi connectivity index (χ1) is 10.6. The molecule has 0 saturated carbocycles. The Kier molecular flexibility index (Phi) is 7.02. The van der Waals surface area contributed by atoms with Crippen molar-refractivity contribution in [1.29, 1.82) is 0 Å². The van der Waals surface area contributed by atoms with Crippen molar-refractivity contribution in [3.8, 4) is 11.4 Å². The van der Waals surface area contributed by atoms with Crippen molar-refractivity contribution >= 4 is 11.8 Å². The first kappa shape index (κ1) is 17.6. The second-order valence-corrected chi connectivity index (χ2v) is 4.41. The van der Waals surface area contributed by atoms with E-state index in [1.54, 1.807) is 11.8 Å². The van der Waals surface area contributed by atoms with Crippen molar-refractivity contribution in [2.45, 2.75) is 20.8 Å². The maximum Gasteiger partial charge on any atom is 0.343 e. The van der Waals surface area contributed by atoms with Crippen molar-refractivity contribution in [2.24, 2.45) is 0 Å². The Morgan fingerprint density at radius 1 is 1.18 bits per heavy atom. The van der Waals surface area contributed by atoms with Crippen molar-refractivity contribution in [1.82, 2.24) is 9.97 Å². The van der Waals surface area contributed by atoms with Crippen LogP contribution in [0.4, 0.5) is 5.82 Å². The third-order valence-corrected chi connectivity index (χ3v) is 2.72. The molecule has 0 aliphatic carbocycles. The summed E-state index contributed by atoms with van der Waals surface area (Å²) in [4.78, 5) is 22.4. The van der Waals surface area contributed by atoms with Crippen molar-refractivity contribution in [2.75, 3.05) is 25.6 Å². The Morgan fingerprint density at radius 3 is 2.36 bits per heavy atom. The molecular weight excluding hydrogens is 278 g/mol. The van der Waals surface area contributed by atoms with Crippen LogP contribution in [-0.2, 0) is 4.74 Å². The standard InChI is InChI=1S/C15H17N3O2.C2H6/c1-4-20-15(19)12-10-16-13(17-14(12)18(2)3)11-8-6-5-7-9-11;1-2/h5-10H,4H2,1-3H3;1-2H3. The lowest BCUT2D eigenvalue weighted by molar-refractivity contribution is 0.0526. The van der Waals surface area contributed by atoms with Crippen LogP contribution in [0.1, 0.15) is 31.1 Å². The van der Waals surface area contributed by atoms with Crippen LogP contribution in [0.3, 0.4) is 0 Å². The first-order valence-electron chi connectivity index (χ1n) is 7.40. The van der Waals surface area contributed by atoms with Crippen LogP contribution < -0.4 is 4.90 Å². The second-order valence-electron chi connectivity index (χ2n) is 4.41. The lowest BCUT2D eigenvalue weighted by Crippen LogP contribution is -2.18. The fraction of sp³-hybridized carbons (Fsp3) is 0.353. The molecule has 0 bridgehead atoms. The number of aromatic nitrogens is 2.